The van der Waals surface area contributed by atoms with Gasteiger partial charge < -0.3 is 4.74 Å². The number of benzene rings is 1. The number of hydrogen-bond donors (Lipinski definition) is 0. The lowest BCUT2D eigenvalue weighted by molar-refractivity contribution is -0.140. The van der Waals surface area contributed by atoms with Crippen molar-refractivity contribution in [2.75, 3.05) is 25.2 Å². The number of hydrogen-bond acceptors (Lipinski definition) is 8. The lowest BCUT2D eigenvalue weighted by Crippen LogP contribution is -2.12. The number of unbranched alkanes of at least 4 members (excludes halogenated alkanes) is 7. The fraction of sp³-hybridized carbons (Fsp3) is 0.607. The molecule has 1 aromatic carbocycles. The van der Waals surface area contributed by atoms with Crippen LogP contribution in [0.4, 0.5) is 0 Å². The van der Waals surface area contributed by atoms with E-state index in [0.717, 1.165) is 48.4 Å². The zero-order valence-electron chi connectivity index (χ0n) is 22.8. The van der Waals surface area contributed by atoms with E-state index in [1.54, 1.807) is 28.9 Å². The Kier molecular flexibility index (Phi) is 16.0. The van der Waals surface area contributed by atoms with Crippen molar-refractivity contribution in [2.24, 2.45) is 0 Å². The molecule has 0 saturated carbocycles. The summed E-state index contributed by atoms with van der Waals surface area (Å²) < 4.78 is 35.9. The van der Waals surface area contributed by atoms with Gasteiger partial charge in [-0.25, -0.2) is 4.68 Å². The van der Waals surface area contributed by atoms with Gasteiger partial charge in [-0.3, -0.25) is 8.98 Å². The molecule has 1 heterocycles. The number of methoxy groups -OCH3 is 1. The van der Waals surface area contributed by atoms with Gasteiger partial charge in [-0.05, 0) is 69.8 Å². The molecule has 0 aliphatic heterocycles. The van der Waals surface area contributed by atoms with Crippen molar-refractivity contribution in [1.82, 2.24) is 15.0 Å². The number of esters is 1. The second-order valence-electron chi connectivity index (χ2n) is 9.27. The van der Waals surface area contributed by atoms with Gasteiger partial charge in [0.2, 0.25) is 0 Å². The van der Waals surface area contributed by atoms with E-state index in [1.807, 2.05) is 24.9 Å². The first-order valence-corrected chi connectivity index (χ1v) is 16.1. The van der Waals surface area contributed by atoms with Crippen molar-refractivity contribution in [3.8, 4) is 0 Å². The van der Waals surface area contributed by atoms with Gasteiger partial charge in [0.15, 0.2) is 0 Å². The van der Waals surface area contributed by atoms with Crippen LogP contribution in [-0.4, -0.2) is 54.6 Å². The maximum Gasteiger partial charge on any atom is 0.306 e. The molecule has 0 aliphatic carbocycles. The van der Waals surface area contributed by atoms with E-state index < -0.39 is 10.1 Å². The lowest BCUT2D eigenvalue weighted by Gasteiger charge is -2.05. The molecule has 8 nitrogen and oxygen atoms in total. The molecule has 2 rings (SSSR count). The van der Waals surface area contributed by atoms with Crippen molar-refractivity contribution in [2.45, 2.75) is 89.0 Å². The first-order chi connectivity index (χ1) is 18.4. The molecule has 212 valence electrons. The van der Waals surface area contributed by atoms with Crippen LogP contribution in [0.2, 0.25) is 0 Å². The Bertz CT molecular complexity index is 1050. The van der Waals surface area contributed by atoms with Crippen molar-refractivity contribution >= 4 is 27.8 Å². The summed E-state index contributed by atoms with van der Waals surface area (Å²) in [6, 6.07) is 6.61. The molecule has 38 heavy (non-hydrogen) atoms. The Balaban J connectivity index is 1.43. The van der Waals surface area contributed by atoms with Crippen LogP contribution in [0.3, 0.4) is 0 Å². The minimum absolute atomic E-state index is 0.0189. The second kappa shape index (κ2) is 19.0. The minimum Gasteiger partial charge on any atom is -0.469 e. The summed E-state index contributed by atoms with van der Waals surface area (Å²) in [5, 5.41) is 8.28. The van der Waals surface area contributed by atoms with E-state index in [-0.39, 0.29) is 17.5 Å². The Labute approximate surface area is 232 Å². The number of nitrogens with zero attached hydrogens (tertiary/aromatic N) is 3. The molecule has 0 fully saturated rings. The fourth-order valence-corrected chi connectivity index (χ4v) is 5.56. The maximum absolute atomic E-state index is 12.2. The largest absolute Gasteiger partial charge is 0.469 e. The van der Waals surface area contributed by atoms with E-state index in [1.165, 1.54) is 45.6 Å². The highest BCUT2D eigenvalue weighted by Gasteiger charge is 2.14. The third-order valence-electron chi connectivity index (χ3n) is 6.01. The number of carbonyl (C=O) groups excluding carboxylic acids is 1. The number of carbonyl (C=O) groups is 1. The van der Waals surface area contributed by atoms with Gasteiger partial charge in [0.1, 0.15) is 0 Å². The van der Waals surface area contributed by atoms with Gasteiger partial charge in [-0.15, -0.1) is 5.10 Å². The number of thioether (sulfide) groups is 1. The zero-order chi connectivity index (χ0) is 27.5. The van der Waals surface area contributed by atoms with Gasteiger partial charge in [0.25, 0.3) is 10.1 Å². The van der Waals surface area contributed by atoms with Gasteiger partial charge in [-0.2, -0.15) is 20.2 Å². The van der Waals surface area contributed by atoms with E-state index in [9.17, 15) is 13.2 Å². The van der Waals surface area contributed by atoms with Crippen LogP contribution in [0, 0.1) is 6.92 Å². The van der Waals surface area contributed by atoms with Crippen LogP contribution in [0.25, 0.3) is 0 Å². The molecule has 0 unspecified atom stereocenters. The summed E-state index contributed by atoms with van der Waals surface area (Å²) in [5.41, 5.74) is 1.92. The smallest absolute Gasteiger partial charge is 0.306 e. The van der Waals surface area contributed by atoms with E-state index >= 15 is 0 Å². The topological polar surface area (TPSA) is 100 Å². The van der Waals surface area contributed by atoms with Gasteiger partial charge >= 0.3 is 5.97 Å². The molecule has 0 atom stereocenters. The Morgan fingerprint density at radius 2 is 1.66 bits per heavy atom. The quantitative estimate of drug-likeness (QED) is 0.0798. The van der Waals surface area contributed by atoms with Crippen LogP contribution < -0.4 is 0 Å². The molecule has 0 N–H and O–H groups in total. The van der Waals surface area contributed by atoms with Crippen molar-refractivity contribution < 1.29 is 22.1 Å². The highest BCUT2D eigenvalue weighted by Crippen LogP contribution is 2.14. The summed E-state index contributed by atoms with van der Waals surface area (Å²) in [7, 11) is -2.33. The second-order valence-corrected chi connectivity index (χ2v) is 12.1. The maximum atomic E-state index is 12.2. The molecule has 0 aliphatic rings. The Morgan fingerprint density at radius 3 is 2.39 bits per heavy atom. The van der Waals surface area contributed by atoms with E-state index in [4.69, 9.17) is 4.18 Å². The molecule has 0 radical (unpaired) electrons. The monoisotopic (exact) mass is 565 g/mol. The van der Waals surface area contributed by atoms with Crippen molar-refractivity contribution in [1.29, 1.82) is 0 Å². The number of rotatable bonds is 21. The molecular weight excluding hydrogens is 522 g/mol. The normalized spacial score (nSPS) is 11.8. The molecule has 0 saturated heterocycles. The van der Waals surface area contributed by atoms with Crippen molar-refractivity contribution in [3.05, 3.63) is 53.9 Å². The summed E-state index contributed by atoms with van der Waals surface area (Å²) in [5.74, 6) is 1.83. The average Bonchev–Trinajstić information content (AvgIpc) is 3.35. The van der Waals surface area contributed by atoms with E-state index in [2.05, 4.69) is 27.2 Å². The predicted octanol–water partition coefficient (Wildman–Crippen LogP) is 5.90. The minimum atomic E-state index is -3.76. The highest BCUT2D eigenvalue weighted by atomic mass is 32.2. The van der Waals surface area contributed by atoms with Crippen LogP contribution in [0.15, 0.2) is 47.5 Å². The van der Waals surface area contributed by atoms with Crippen LogP contribution in [-0.2, 0) is 36.8 Å². The predicted molar refractivity (Wildman–Crippen MR) is 153 cm³/mol. The highest BCUT2D eigenvalue weighted by molar-refractivity contribution is 7.99. The molecule has 10 heteroatoms. The standard InChI is InChI=1S/C28H43N3O5S2/c1-25-15-17-27(18-16-25)38(33,34)36-21-20-31-24-26(29-30-31)14-12-10-8-6-4-3-5-7-9-11-13-22-37-23-19-28(32)35-2/h5,7,15-18,24H,3-4,6,8-14,19-23H2,1-2H3/b7-5-. The van der Waals surface area contributed by atoms with E-state index in [0.29, 0.717) is 13.0 Å². The summed E-state index contributed by atoms with van der Waals surface area (Å²) in [6.45, 7) is 2.26. The van der Waals surface area contributed by atoms with Crippen LogP contribution in [0.1, 0.15) is 75.5 Å². The molecule has 0 amide bonds. The molecular formula is C28H43N3O5S2. The average molecular weight is 566 g/mol. The van der Waals surface area contributed by atoms with Gasteiger partial charge in [-0.1, -0.05) is 54.3 Å². The molecule has 0 bridgehead atoms. The fourth-order valence-electron chi connectivity index (χ4n) is 3.74. The summed E-state index contributed by atoms with van der Waals surface area (Å²) >= 11 is 1.82. The first-order valence-electron chi connectivity index (χ1n) is 13.6. The molecule has 1 aromatic heterocycles. The number of aryl methyl sites for hydroxylation is 2. The third kappa shape index (κ3) is 14.1. The molecule has 0 spiro atoms. The molecule has 2 aromatic rings. The van der Waals surface area contributed by atoms with Crippen molar-refractivity contribution in [3.63, 3.8) is 0 Å². The van der Waals surface area contributed by atoms with Gasteiger partial charge in [0, 0.05) is 11.9 Å². The summed E-state index contributed by atoms with van der Waals surface area (Å²) in [6.07, 6.45) is 18.4. The number of ether oxygens (including phenoxy) is 1. The Hall–Kier alpha value is -2.17. The number of allylic oxidation sites excluding steroid dienone is 2. The summed E-state index contributed by atoms with van der Waals surface area (Å²) in [4.78, 5) is 11.2. The SMILES string of the molecule is COC(=O)CCSCCCC/C=C\CCCCCCCc1cn(CCOS(=O)(=O)c2ccc(C)cc2)nn1. The van der Waals surface area contributed by atoms with Gasteiger partial charge in [0.05, 0.1) is 37.3 Å². The Morgan fingerprint density at radius 1 is 0.974 bits per heavy atom. The first kappa shape index (κ1) is 32.0. The number of aromatic nitrogens is 3. The zero-order valence-corrected chi connectivity index (χ0v) is 24.5. The third-order valence-corrected chi connectivity index (χ3v) is 8.41. The van der Waals surface area contributed by atoms with Crippen LogP contribution in [0.5, 0.6) is 0 Å². The van der Waals surface area contributed by atoms with Crippen LogP contribution >= 0.6 is 11.8 Å². The lowest BCUT2D eigenvalue weighted by atomic mass is 10.1.